The number of halogens is 1. The van der Waals surface area contributed by atoms with Gasteiger partial charge in [0, 0.05) is 6.21 Å². The van der Waals surface area contributed by atoms with Crippen LogP contribution in [0.25, 0.3) is 0 Å². The first-order valence-electron chi connectivity index (χ1n) is 2.61. The summed E-state index contributed by atoms with van der Waals surface area (Å²) in [6.07, 6.45) is 2.51. The monoisotopic (exact) mass is 113 g/mol. The normalized spacial score (nSPS) is 27.8. The van der Waals surface area contributed by atoms with Gasteiger partial charge < -0.3 is 0 Å². The summed E-state index contributed by atoms with van der Waals surface area (Å²) in [5.74, 6) is 0. The van der Waals surface area contributed by atoms with Crippen molar-refractivity contribution in [3.63, 3.8) is 0 Å². The molecular formula is C6H8FN. The van der Waals surface area contributed by atoms with Crippen LogP contribution in [-0.2, 0) is 0 Å². The third kappa shape index (κ3) is 0.941. The van der Waals surface area contributed by atoms with Crippen molar-refractivity contribution in [2.45, 2.75) is 13.1 Å². The maximum atomic E-state index is 12.4. The number of rotatable bonds is 0. The number of alkyl halides is 1. The zero-order valence-electron chi connectivity index (χ0n) is 4.76. The van der Waals surface area contributed by atoms with E-state index >= 15 is 0 Å². The van der Waals surface area contributed by atoms with Gasteiger partial charge in [-0.3, -0.25) is 4.99 Å². The average molecular weight is 113 g/mol. The van der Waals surface area contributed by atoms with Gasteiger partial charge in [0.15, 0.2) is 0 Å². The summed E-state index contributed by atoms with van der Waals surface area (Å²) in [4.78, 5) is 3.73. The molecule has 0 spiro atoms. The van der Waals surface area contributed by atoms with Crippen LogP contribution in [-0.4, -0.2) is 18.9 Å². The van der Waals surface area contributed by atoms with Crippen molar-refractivity contribution in [1.29, 1.82) is 0 Å². The second-order valence-electron chi connectivity index (χ2n) is 1.89. The van der Waals surface area contributed by atoms with Crippen LogP contribution in [0.15, 0.2) is 16.6 Å². The Labute approximate surface area is 47.9 Å². The van der Waals surface area contributed by atoms with E-state index in [9.17, 15) is 4.39 Å². The molecule has 0 aromatic heterocycles. The Balaban J connectivity index is 2.66. The maximum Gasteiger partial charge on any atom is 0.141 e. The predicted octanol–water partition coefficient (Wildman–Crippen LogP) is 1.36. The zero-order valence-corrected chi connectivity index (χ0v) is 4.76. The second-order valence-corrected chi connectivity index (χ2v) is 1.89. The highest BCUT2D eigenvalue weighted by Crippen LogP contribution is 2.07. The SMILES string of the molecule is CC1=CC=NC[C@@H]1F. The quantitative estimate of drug-likeness (QED) is 0.449. The molecule has 1 nitrogen and oxygen atoms in total. The summed E-state index contributed by atoms with van der Waals surface area (Å²) in [5.41, 5.74) is 0.778. The van der Waals surface area contributed by atoms with E-state index in [0.717, 1.165) is 5.57 Å². The van der Waals surface area contributed by atoms with Gasteiger partial charge >= 0.3 is 0 Å². The van der Waals surface area contributed by atoms with Gasteiger partial charge in [-0.25, -0.2) is 4.39 Å². The highest BCUT2D eigenvalue weighted by atomic mass is 19.1. The van der Waals surface area contributed by atoms with Crippen LogP contribution in [0.4, 0.5) is 4.39 Å². The van der Waals surface area contributed by atoms with Crippen LogP contribution in [0.3, 0.4) is 0 Å². The van der Waals surface area contributed by atoms with Gasteiger partial charge in [0.2, 0.25) is 0 Å². The summed E-state index contributed by atoms with van der Waals surface area (Å²) >= 11 is 0. The van der Waals surface area contributed by atoms with Gasteiger partial charge in [-0.2, -0.15) is 0 Å². The number of hydrogen-bond acceptors (Lipinski definition) is 1. The minimum absolute atomic E-state index is 0.308. The van der Waals surface area contributed by atoms with Crippen molar-refractivity contribution in [3.05, 3.63) is 11.6 Å². The molecule has 0 radical (unpaired) electrons. The minimum atomic E-state index is -0.833. The van der Waals surface area contributed by atoms with Gasteiger partial charge in [0.05, 0.1) is 6.54 Å². The van der Waals surface area contributed by atoms with Crippen molar-refractivity contribution in [2.24, 2.45) is 4.99 Å². The molecule has 0 aromatic carbocycles. The van der Waals surface area contributed by atoms with E-state index in [2.05, 4.69) is 4.99 Å². The molecule has 1 atom stereocenters. The Kier molecular flexibility index (Phi) is 1.42. The van der Waals surface area contributed by atoms with Gasteiger partial charge in [-0.15, -0.1) is 0 Å². The van der Waals surface area contributed by atoms with Crippen LogP contribution in [0, 0.1) is 0 Å². The Morgan fingerprint density at radius 3 is 3.00 bits per heavy atom. The molecule has 2 heteroatoms. The average Bonchev–Trinajstić information content (AvgIpc) is 1.77. The molecule has 0 amide bonds. The van der Waals surface area contributed by atoms with Crippen molar-refractivity contribution < 1.29 is 4.39 Å². The molecule has 0 aromatic rings. The van der Waals surface area contributed by atoms with E-state index in [-0.39, 0.29) is 0 Å². The molecule has 0 fully saturated rings. The number of aliphatic imine (C=N–C) groups is 1. The second kappa shape index (κ2) is 2.07. The predicted molar refractivity (Wildman–Crippen MR) is 32.0 cm³/mol. The van der Waals surface area contributed by atoms with Gasteiger partial charge in [0.1, 0.15) is 6.17 Å². The third-order valence-electron chi connectivity index (χ3n) is 1.20. The first-order chi connectivity index (χ1) is 3.80. The molecule has 0 bridgehead atoms. The Morgan fingerprint density at radius 2 is 2.62 bits per heavy atom. The molecule has 0 saturated carbocycles. The molecule has 1 aliphatic heterocycles. The van der Waals surface area contributed by atoms with E-state index < -0.39 is 6.17 Å². The lowest BCUT2D eigenvalue weighted by Gasteiger charge is -2.06. The van der Waals surface area contributed by atoms with Crippen LogP contribution in [0.2, 0.25) is 0 Å². The van der Waals surface area contributed by atoms with Crippen molar-refractivity contribution in [2.75, 3.05) is 6.54 Å². The van der Waals surface area contributed by atoms with E-state index in [0.29, 0.717) is 6.54 Å². The molecule has 8 heavy (non-hydrogen) atoms. The number of allylic oxidation sites excluding steroid dienone is 1. The Morgan fingerprint density at radius 1 is 1.88 bits per heavy atom. The molecule has 0 aliphatic carbocycles. The van der Waals surface area contributed by atoms with Gasteiger partial charge in [0.25, 0.3) is 0 Å². The summed E-state index contributed by atoms with van der Waals surface area (Å²) in [6, 6.07) is 0. The highest BCUT2D eigenvalue weighted by Gasteiger charge is 2.08. The summed E-state index contributed by atoms with van der Waals surface area (Å²) in [7, 11) is 0. The standard InChI is InChI=1S/C6H8FN/c1-5-2-3-8-4-6(5)7/h2-3,6H,4H2,1H3/t6-/m0/s1. The number of hydrogen-bond donors (Lipinski definition) is 0. The van der Waals surface area contributed by atoms with Gasteiger partial charge in [-0.05, 0) is 18.6 Å². The lowest BCUT2D eigenvalue weighted by atomic mass is 10.1. The van der Waals surface area contributed by atoms with Crippen molar-refractivity contribution >= 4 is 6.21 Å². The van der Waals surface area contributed by atoms with E-state index in [4.69, 9.17) is 0 Å². The fraction of sp³-hybridized carbons (Fsp3) is 0.500. The summed E-state index contributed by atoms with van der Waals surface area (Å²) in [5, 5.41) is 0. The van der Waals surface area contributed by atoms with Crippen LogP contribution < -0.4 is 0 Å². The topological polar surface area (TPSA) is 12.4 Å². The van der Waals surface area contributed by atoms with E-state index in [1.54, 1.807) is 19.2 Å². The smallest absolute Gasteiger partial charge is 0.141 e. The van der Waals surface area contributed by atoms with Crippen LogP contribution in [0.1, 0.15) is 6.92 Å². The minimum Gasteiger partial charge on any atom is -0.290 e. The molecule has 0 N–H and O–H groups in total. The van der Waals surface area contributed by atoms with Crippen LogP contribution in [0.5, 0.6) is 0 Å². The third-order valence-corrected chi connectivity index (χ3v) is 1.20. The van der Waals surface area contributed by atoms with Crippen molar-refractivity contribution in [1.82, 2.24) is 0 Å². The molecule has 0 saturated heterocycles. The maximum absolute atomic E-state index is 12.4. The first-order valence-corrected chi connectivity index (χ1v) is 2.61. The first kappa shape index (κ1) is 5.48. The van der Waals surface area contributed by atoms with Crippen molar-refractivity contribution in [3.8, 4) is 0 Å². The molecule has 44 valence electrons. The largest absolute Gasteiger partial charge is 0.290 e. The number of nitrogens with zero attached hydrogens (tertiary/aromatic N) is 1. The van der Waals surface area contributed by atoms with Crippen LogP contribution >= 0.6 is 0 Å². The molecule has 1 aliphatic rings. The number of dihydropyridines is 1. The zero-order chi connectivity index (χ0) is 5.98. The fourth-order valence-electron chi connectivity index (χ4n) is 0.572. The lowest BCUT2D eigenvalue weighted by molar-refractivity contribution is 0.389. The molecule has 1 rings (SSSR count). The van der Waals surface area contributed by atoms with E-state index in [1.807, 2.05) is 0 Å². The lowest BCUT2D eigenvalue weighted by Crippen LogP contribution is -2.09. The molecular weight excluding hydrogens is 105 g/mol. The van der Waals surface area contributed by atoms with Gasteiger partial charge in [-0.1, -0.05) is 0 Å². The summed E-state index contributed by atoms with van der Waals surface area (Å²) < 4.78 is 12.4. The molecule has 0 unspecified atom stereocenters. The fourth-order valence-corrected chi connectivity index (χ4v) is 0.572. The molecule has 1 heterocycles. The van der Waals surface area contributed by atoms with E-state index in [1.165, 1.54) is 0 Å². The Hall–Kier alpha value is -0.660. The summed E-state index contributed by atoms with van der Waals surface area (Å²) in [6.45, 7) is 2.08. The Bertz CT molecular complexity index is 137. The highest BCUT2D eigenvalue weighted by molar-refractivity contribution is 5.73.